The van der Waals surface area contributed by atoms with Crippen LogP contribution in [0.15, 0.2) is 16.5 Å². The molecule has 19 heavy (non-hydrogen) atoms. The van der Waals surface area contributed by atoms with E-state index in [4.69, 9.17) is 10.3 Å². The smallest absolute Gasteiger partial charge is 0.300 e. The topological polar surface area (TPSA) is 71.5 Å². The molecule has 0 atom stereocenters. The first-order chi connectivity index (χ1) is 9.10. The van der Waals surface area contributed by atoms with Crippen molar-refractivity contribution < 1.29 is 9.21 Å². The maximum absolute atomic E-state index is 11.3. The minimum Gasteiger partial charge on any atom is -0.455 e. The van der Waals surface area contributed by atoms with Crippen molar-refractivity contribution in [3.63, 3.8) is 0 Å². The molecule has 1 aromatic rings. The lowest BCUT2D eigenvalue weighted by molar-refractivity contribution is 0.0919. The molecule has 0 radical (unpaired) electrons. The van der Waals surface area contributed by atoms with Gasteiger partial charge < -0.3 is 4.42 Å². The van der Waals surface area contributed by atoms with Crippen molar-refractivity contribution in [2.75, 3.05) is 13.1 Å². The highest BCUT2D eigenvalue weighted by Gasteiger charge is 2.22. The van der Waals surface area contributed by atoms with Gasteiger partial charge in [0.2, 0.25) is 0 Å². The molecule has 0 aromatic carbocycles. The lowest BCUT2D eigenvalue weighted by Gasteiger charge is -2.33. The molecule has 106 valence electrons. The van der Waals surface area contributed by atoms with Crippen molar-refractivity contribution in [2.24, 2.45) is 17.7 Å². The lowest BCUT2D eigenvalue weighted by atomic mass is 9.87. The van der Waals surface area contributed by atoms with Crippen LogP contribution in [0, 0.1) is 11.8 Å². The summed E-state index contributed by atoms with van der Waals surface area (Å²) in [4.78, 5) is 13.7. The number of nitrogens with zero attached hydrogens (tertiary/aromatic N) is 1. The largest absolute Gasteiger partial charge is 0.455 e. The Hall–Kier alpha value is -1.33. The summed E-state index contributed by atoms with van der Waals surface area (Å²) in [6, 6.07) is 3.51. The summed E-state index contributed by atoms with van der Waals surface area (Å²) in [6.07, 6.45) is 2.49. The molecule has 0 aliphatic carbocycles. The zero-order valence-corrected chi connectivity index (χ0v) is 11.7. The van der Waals surface area contributed by atoms with Crippen molar-refractivity contribution in [2.45, 2.75) is 33.2 Å². The minimum absolute atomic E-state index is 0.273. The standard InChI is InChI=1S/C14H23N3O2/c1-10(2)11-5-7-17(8-6-11)9-12-3-4-13(19-12)14(18)16-15/h3-4,10-11H,5-9,15H2,1-2H3,(H,16,18). The molecule has 2 rings (SSSR count). The molecule has 2 heterocycles. The number of piperidine rings is 1. The molecule has 0 saturated carbocycles. The monoisotopic (exact) mass is 265 g/mol. The van der Waals surface area contributed by atoms with Gasteiger partial charge in [0.05, 0.1) is 6.54 Å². The summed E-state index contributed by atoms with van der Waals surface area (Å²) in [5.74, 6) is 7.39. The Labute approximate surface area is 114 Å². The van der Waals surface area contributed by atoms with Gasteiger partial charge in [0, 0.05) is 0 Å². The summed E-state index contributed by atoms with van der Waals surface area (Å²) in [5, 5.41) is 0. The SMILES string of the molecule is CC(C)C1CCN(Cc2ccc(C(=O)NN)o2)CC1. The third-order valence-corrected chi connectivity index (χ3v) is 3.97. The summed E-state index contributed by atoms with van der Waals surface area (Å²) in [7, 11) is 0. The van der Waals surface area contributed by atoms with Crippen LogP contribution < -0.4 is 11.3 Å². The van der Waals surface area contributed by atoms with E-state index in [1.165, 1.54) is 12.8 Å². The first kappa shape index (κ1) is 14.1. The summed E-state index contributed by atoms with van der Waals surface area (Å²) >= 11 is 0. The van der Waals surface area contributed by atoms with Crippen LogP contribution in [0.25, 0.3) is 0 Å². The zero-order valence-electron chi connectivity index (χ0n) is 11.7. The van der Waals surface area contributed by atoms with E-state index in [9.17, 15) is 4.79 Å². The predicted molar refractivity (Wildman–Crippen MR) is 73.2 cm³/mol. The first-order valence-electron chi connectivity index (χ1n) is 6.92. The maximum atomic E-state index is 11.3. The molecule has 1 aliphatic rings. The Morgan fingerprint density at radius 1 is 1.47 bits per heavy atom. The van der Waals surface area contributed by atoms with Crippen LogP contribution >= 0.6 is 0 Å². The van der Waals surface area contributed by atoms with Crippen LogP contribution in [0.5, 0.6) is 0 Å². The fourth-order valence-corrected chi connectivity index (χ4v) is 2.65. The number of likely N-dealkylation sites (tertiary alicyclic amines) is 1. The van der Waals surface area contributed by atoms with Crippen molar-refractivity contribution in [1.29, 1.82) is 0 Å². The Bertz CT molecular complexity index is 420. The van der Waals surface area contributed by atoms with Crippen molar-refractivity contribution in [1.82, 2.24) is 10.3 Å². The molecule has 1 fully saturated rings. The number of rotatable bonds is 4. The van der Waals surface area contributed by atoms with Gasteiger partial charge in [0.1, 0.15) is 5.76 Å². The Morgan fingerprint density at radius 3 is 2.74 bits per heavy atom. The Morgan fingerprint density at radius 2 is 2.16 bits per heavy atom. The van der Waals surface area contributed by atoms with Gasteiger partial charge in [-0.2, -0.15) is 0 Å². The second kappa shape index (κ2) is 6.21. The zero-order chi connectivity index (χ0) is 13.8. The van der Waals surface area contributed by atoms with E-state index in [2.05, 4.69) is 24.2 Å². The van der Waals surface area contributed by atoms with E-state index < -0.39 is 0 Å². The number of hydrogen-bond donors (Lipinski definition) is 2. The molecule has 1 aromatic heterocycles. The van der Waals surface area contributed by atoms with Crippen LogP contribution in [0.1, 0.15) is 43.0 Å². The highest BCUT2D eigenvalue weighted by atomic mass is 16.4. The Kier molecular flexibility index (Phi) is 4.61. The van der Waals surface area contributed by atoms with Gasteiger partial charge in [-0.3, -0.25) is 15.1 Å². The highest BCUT2D eigenvalue weighted by Crippen LogP contribution is 2.25. The summed E-state index contributed by atoms with van der Waals surface area (Å²) in [5.41, 5.74) is 2.07. The van der Waals surface area contributed by atoms with Crippen LogP contribution in [0.4, 0.5) is 0 Å². The number of nitrogen functional groups attached to an aromatic ring is 1. The number of amides is 1. The fourth-order valence-electron chi connectivity index (χ4n) is 2.65. The second-order valence-electron chi connectivity index (χ2n) is 5.60. The average Bonchev–Trinajstić information content (AvgIpc) is 2.87. The molecule has 0 bridgehead atoms. The number of carbonyl (C=O) groups excluding carboxylic acids is 1. The van der Waals surface area contributed by atoms with Crippen molar-refractivity contribution >= 4 is 5.91 Å². The molecule has 3 N–H and O–H groups in total. The van der Waals surface area contributed by atoms with Gasteiger partial charge in [0.15, 0.2) is 5.76 Å². The van der Waals surface area contributed by atoms with Gasteiger partial charge in [-0.1, -0.05) is 13.8 Å². The Balaban J connectivity index is 1.85. The highest BCUT2D eigenvalue weighted by molar-refractivity contribution is 5.90. The summed E-state index contributed by atoms with van der Waals surface area (Å²) < 4.78 is 5.48. The molecule has 1 aliphatic heterocycles. The molecule has 5 heteroatoms. The van der Waals surface area contributed by atoms with Gasteiger partial charge in [-0.25, -0.2) is 5.84 Å². The quantitative estimate of drug-likeness (QED) is 0.494. The number of nitrogens with one attached hydrogen (secondary N) is 1. The first-order valence-corrected chi connectivity index (χ1v) is 6.92. The molecule has 0 spiro atoms. The number of hydrazine groups is 1. The normalized spacial score (nSPS) is 17.9. The van der Waals surface area contributed by atoms with E-state index in [-0.39, 0.29) is 11.7 Å². The van der Waals surface area contributed by atoms with Crippen molar-refractivity contribution in [3.8, 4) is 0 Å². The predicted octanol–water partition coefficient (Wildman–Crippen LogP) is 1.75. The van der Waals surface area contributed by atoms with E-state index in [1.807, 2.05) is 6.07 Å². The summed E-state index contributed by atoms with van der Waals surface area (Å²) in [6.45, 7) is 7.56. The molecule has 1 saturated heterocycles. The van der Waals surface area contributed by atoms with E-state index in [0.29, 0.717) is 0 Å². The van der Waals surface area contributed by atoms with Gasteiger partial charge in [-0.15, -0.1) is 0 Å². The second-order valence-corrected chi connectivity index (χ2v) is 5.60. The molecule has 1 amide bonds. The van der Waals surface area contributed by atoms with E-state index in [1.54, 1.807) is 6.07 Å². The number of furan rings is 1. The van der Waals surface area contributed by atoms with Crippen LogP contribution in [0.2, 0.25) is 0 Å². The number of hydrogen-bond acceptors (Lipinski definition) is 4. The molecule has 0 unspecified atom stereocenters. The third-order valence-electron chi connectivity index (χ3n) is 3.97. The minimum atomic E-state index is -0.384. The van der Waals surface area contributed by atoms with Crippen LogP contribution in [-0.2, 0) is 6.54 Å². The van der Waals surface area contributed by atoms with E-state index >= 15 is 0 Å². The average molecular weight is 265 g/mol. The van der Waals surface area contributed by atoms with Gasteiger partial charge in [-0.05, 0) is 49.9 Å². The third kappa shape index (κ3) is 3.58. The van der Waals surface area contributed by atoms with Gasteiger partial charge in [0.25, 0.3) is 0 Å². The number of nitrogens with two attached hydrogens (primary N) is 1. The molecular weight excluding hydrogens is 242 g/mol. The van der Waals surface area contributed by atoms with Crippen LogP contribution in [0.3, 0.4) is 0 Å². The lowest BCUT2D eigenvalue weighted by Crippen LogP contribution is -2.34. The van der Waals surface area contributed by atoms with Gasteiger partial charge >= 0.3 is 5.91 Å². The van der Waals surface area contributed by atoms with Crippen molar-refractivity contribution in [3.05, 3.63) is 23.7 Å². The molecular formula is C14H23N3O2. The number of carbonyl (C=O) groups is 1. The van der Waals surface area contributed by atoms with Crippen LogP contribution in [-0.4, -0.2) is 23.9 Å². The maximum Gasteiger partial charge on any atom is 0.300 e. The van der Waals surface area contributed by atoms with E-state index in [0.717, 1.165) is 37.2 Å². The fraction of sp³-hybridized carbons (Fsp3) is 0.643. The molecule has 5 nitrogen and oxygen atoms in total.